The molecule has 2 N–H and O–H groups in total. The van der Waals surface area contributed by atoms with E-state index in [1.807, 2.05) is 12.1 Å². The molecule has 2 rings (SSSR count). The molecule has 2 aromatic rings. The number of aliphatic hydroxyl groups is 1. The minimum Gasteiger partial charge on any atom is -0.387 e. The zero-order chi connectivity index (χ0) is 13.7. The lowest BCUT2D eigenvalue weighted by molar-refractivity contribution is 0.174. The van der Waals surface area contributed by atoms with Gasteiger partial charge in [0.15, 0.2) is 0 Å². The van der Waals surface area contributed by atoms with Gasteiger partial charge in [-0.2, -0.15) is 5.26 Å². The van der Waals surface area contributed by atoms with E-state index in [-0.39, 0.29) is 0 Å². The van der Waals surface area contributed by atoms with Gasteiger partial charge in [-0.1, -0.05) is 23.7 Å². The standard InChI is InChI=1S/C14H13ClN2OS/c15-14-6-5-12(19-14)8-17-9-13(18)11-3-1-10(7-16)2-4-11/h1-6,13,17-18H,8-9H2. The summed E-state index contributed by atoms with van der Waals surface area (Å²) in [7, 11) is 0. The second-order valence-corrected chi connectivity index (χ2v) is 5.89. The number of benzene rings is 1. The van der Waals surface area contributed by atoms with E-state index in [2.05, 4.69) is 11.4 Å². The van der Waals surface area contributed by atoms with Crippen LogP contribution in [0.4, 0.5) is 0 Å². The fraction of sp³-hybridized carbons (Fsp3) is 0.214. The maximum absolute atomic E-state index is 10.00. The summed E-state index contributed by atoms with van der Waals surface area (Å²) in [6, 6.07) is 12.8. The van der Waals surface area contributed by atoms with Gasteiger partial charge in [0.2, 0.25) is 0 Å². The molecule has 0 saturated heterocycles. The first-order valence-corrected chi connectivity index (χ1v) is 7.01. The number of halogens is 1. The molecule has 1 aromatic carbocycles. The van der Waals surface area contributed by atoms with Crippen LogP contribution in [0.3, 0.4) is 0 Å². The van der Waals surface area contributed by atoms with Gasteiger partial charge in [-0.25, -0.2) is 0 Å². The van der Waals surface area contributed by atoms with Crippen LogP contribution in [0.5, 0.6) is 0 Å². The molecule has 0 spiro atoms. The first-order chi connectivity index (χ1) is 9.19. The number of rotatable bonds is 5. The summed E-state index contributed by atoms with van der Waals surface area (Å²) in [5.74, 6) is 0. The third-order valence-electron chi connectivity index (χ3n) is 2.69. The Hall–Kier alpha value is -1.38. The summed E-state index contributed by atoms with van der Waals surface area (Å²) in [5, 5.41) is 21.9. The monoisotopic (exact) mass is 292 g/mol. The lowest BCUT2D eigenvalue weighted by Gasteiger charge is -2.11. The molecule has 0 saturated carbocycles. The van der Waals surface area contributed by atoms with E-state index >= 15 is 0 Å². The van der Waals surface area contributed by atoms with Crippen molar-refractivity contribution in [3.63, 3.8) is 0 Å². The number of hydrogen-bond acceptors (Lipinski definition) is 4. The molecule has 0 aliphatic carbocycles. The predicted molar refractivity (Wildman–Crippen MR) is 77.2 cm³/mol. The van der Waals surface area contributed by atoms with Gasteiger partial charge in [-0.05, 0) is 29.8 Å². The summed E-state index contributed by atoms with van der Waals surface area (Å²) in [6.45, 7) is 1.14. The maximum Gasteiger partial charge on any atom is 0.0991 e. The Labute approximate surface area is 121 Å². The van der Waals surface area contributed by atoms with Crippen molar-refractivity contribution < 1.29 is 5.11 Å². The van der Waals surface area contributed by atoms with Crippen molar-refractivity contribution in [1.29, 1.82) is 5.26 Å². The number of aliphatic hydroxyl groups excluding tert-OH is 1. The summed E-state index contributed by atoms with van der Waals surface area (Å²) in [4.78, 5) is 1.14. The molecule has 0 bridgehead atoms. The third-order valence-corrected chi connectivity index (χ3v) is 3.92. The average Bonchev–Trinajstić information content (AvgIpc) is 2.84. The smallest absolute Gasteiger partial charge is 0.0991 e. The first kappa shape index (κ1) is 14.0. The van der Waals surface area contributed by atoms with Crippen molar-refractivity contribution in [2.75, 3.05) is 6.54 Å². The minimum absolute atomic E-state index is 0.460. The molecule has 0 radical (unpaired) electrons. The van der Waals surface area contributed by atoms with Crippen molar-refractivity contribution in [1.82, 2.24) is 5.32 Å². The molecule has 1 heterocycles. The molecule has 0 amide bonds. The zero-order valence-corrected chi connectivity index (χ0v) is 11.7. The number of nitrogens with one attached hydrogen (secondary N) is 1. The Kier molecular flexibility index (Phi) is 4.94. The van der Waals surface area contributed by atoms with Crippen LogP contribution < -0.4 is 5.32 Å². The van der Waals surface area contributed by atoms with Crippen LogP contribution >= 0.6 is 22.9 Å². The van der Waals surface area contributed by atoms with E-state index in [1.54, 1.807) is 24.3 Å². The van der Waals surface area contributed by atoms with Crippen molar-refractivity contribution in [2.45, 2.75) is 12.6 Å². The van der Waals surface area contributed by atoms with Gasteiger partial charge in [0.25, 0.3) is 0 Å². The Morgan fingerprint density at radius 1 is 1.26 bits per heavy atom. The highest BCUT2D eigenvalue weighted by atomic mass is 35.5. The van der Waals surface area contributed by atoms with E-state index in [4.69, 9.17) is 16.9 Å². The maximum atomic E-state index is 10.00. The van der Waals surface area contributed by atoms with Gasteiger partial charge in [0.05, 0.1) is 22.1 Å². The zero-order valence-electron chi connectivity index (χ0n) is 10.1. The second kappa shape index (κ2) is 6.69. The van der Waals surface area contributed by atoms with Crippen LogP contribution in [0.15, 0.2) is 36.4 Å². The van der Waals surface area contributed by atoms with Gasteiger partial charge in [0, 0.05) is 18.0 Å². The number of hydrogen-bond donors (Lipinski definition) is 2. The highest BCUT2D eigenvalue weighted by Gasteiger charge is 2.07. The van der Waals surface area contributed by atoms with Crippen molar-refractivity contribution >= 4 is 22.9 Å². The average molecular weight is 293 g/mol. The van der Waals surface area contributed by atoms with E-state index in [9.17, 15) is 5.11 Å². The van der Waals surface area contributed by atoms with Gasteiger partial charge in [0.1, 0.15) is 0 Å². The molecular formula is C14H13ClN2OS. The van der Waals surface area contributed by atoms with Crippen LogP contribution in [-0.2, 0) is 6.54 Å². The van der Waals surface area contributed by atoms with Crippen LogP contribution in [0, 0.1) is 11.3 Å². The molecule has 1 atom stereocenters. The van der Waals surface area contributed by atoms with Crippen LogP contribution in [0.25, 0.3) is 0 Å². The predicted octanol–water partition coefficient (Wildman–Crippen LogP) is 3.10. The molecule has 3 nitrogen and oxygen atoms in total. The Bertz CT molecular complexity index is 574. The van der Waals surface area contributed by atoms with E-state index in [0.29, 0.717) is 18.7 Å². The molecule has 5 heteroatoms. The molecule has 19 heavy (non-hydrogen) atoms. The van der Waals surface area contributed by atoms with Gasteiger partial charge < -0.3 is 10.4 Å². The minimum atomic E-state index is -0.580. The Morgan fingerprint density at radius 3 is 2.58 bits per heavy atom. The summed E-state index contributed by atoms with van der Waals surface area (Å²) in [6.07, 6.45) is -0.580. The number of thiophene rings is 1. The Balaban J connectivity index is 1.83. The summed E-state index contributed by atoms with van der Waals surface area (Å²) >= 11 is 7.37. The number of nitriles is 1. The van der Waals surface area contributed by atoms with Crippen molar-refractivity contribution in [3.05, 3.63) is 56.7 Å². The molecule has 1 unspecified atom stereocenters. The lowest BCUT2D eigenvalue weighted by Crippen LogP contribution is -2.20. The molecular weight excluding hydrogens is 280 g/mol. The van der Waals surface area contributed by atoms with Crippen LogP contribution in [-0.4, -0.2) is 11.7 Å². The molecule has 98 valence electrons. The lowest BCUT2D eigenvalue weighted by atomic mass is 10.1. The molecule has 0 fully saturated rings. The summed E-state index contributed by atoms with van der Waals surface area (Å²) in [5.41, 5.74) is 1.40. The molecule has 0 aliphatic heterocycles. The first-order valence-electron chi connectivity index (χ1n) is 5.82. The third kappa shape index (κ3) is 4.05. The molecule has 1 aromatic heterocycles. The summed E-state index contributed by atoms with van der Waals surface area (Å²) < 4.78 is 0.768. The van der Waals surface area contributed by atoms with Crippen molar-refractivity contribution in [2.24, 2.45) is 0 Å². The molecule has 0 aliphatic rings. The van der Waals surface area contributed by atoms with Crippen molar-refractivity contribution in [3.8, 4) is 6.07 Å². The van der Waals surface area contributed by atoms with Gasteiger partial charge in [-0.3, -0.25) is 0 Å². The quantitative estimate of drug-likeness (QED) is 0.890. The highest BCUT2D eigenvalue weighted by Crippen LogP contribution is 2.21. The van der Waals surface area contributed by atoms with Crippen LogP contribution in [0.2, 0.25) is 4.34 Å². The largest absolute Gasteiger partial charge is 0.387 e. The SMILES string of the molecule is N#Cc1ccc(C(O)CNCc2ccc(Cl)s2)cc1. The van der Waals surface area contributed by atoms with Crippen LogP contribution in [0.1, 0.15) is 22.1 Å². The van der Waals surface area contributed by atoms with Gasteiger partial charge in [-0.15, -0.1) is 11.3 Å². The fourth-order valence-electron chi connectivity index (χ4n) is 1.68. The highest BCUT2D eigenvalue weighted by molar-refractivity contribution is 7.16. The van der Waals surface area contributed by atoms with E-state index in [0.717, 1.165) is 14.8 Å². The Morgan fingerprint density at radius 2 is 2.00 bits per heavy atom. The second-order valence-electron chi connectivity index (χ2n) is 4.09. The van der Waals surface area contributed by atoms with E-state index < -0.39 is 6.10 Å². The normalized spacial score (nSPS) is 12.1. The van der Waals surface area contributed by atoms with Gasteiger partial charge >= 0.3 is 0 Å². The van der Waals surface area contributed by atoms with E-state index in [1.165, 1.54) is 11.3 Å². The number of nitrogens with zero attached hydrogens (tertiary/aromatic N) is 1. The topological polar surface area (TPSA) is 56.0 Å². The fourth-order valence-corrected chi connectivity index (χ4v) is 2.73.